The van der Waals surface area contributed by atoms with E-state index in [2.05, 4.69) is 14.9 Å². The number of thiophene rings is 1. The summed E-state index contributed by atoms with van der Waals surface area (Å²) in [6.45, 7) is 8.06. The van der Waals surface area contributed by atoms with Crippen LogP contribution in [0.4, 0.5) is 0 Å². The van der Waals surface area contributed by atoms with Gasteiger partial charge in [0.2, 0.25) is 5.91 Å². The van der Waals surface area contributed by atoms with Crippen LogP contribution in [0.25, 0.3) is 10.2 Å². The molecule has 164 valence electrons. The smallest absolute Gasteiger partial charge is 0.259 e. The van der Waals surface area contributed by atoms with Gasteiger partial charge in [0.1, 0.15) is 16.4 Å². The number of hydrogen-bond donors (Lipinski definition) is 1. The Bertz CT molecular complexity index is 1100. The predicted octanol–water partition coefficient (Wildman–Crippen LogP) is 3.10. The molecule has 0 spiro atoms. The molecule has 7 nitrogen and oxygen atoms in total. The number of para-hydroxylation sites is 1. The van der Waals surface area contributed by atoms with Gasteiger partial charge in [-0.25, -0.2) is 4.98 Å². The fourth-order valence-corrected chi connectivity index (χ4v) is 4.88. The number of amides is 1. The first-order chi connectivity index (χ1) is 15.0. The zero-order chi connectivity index (χ0) is 21.8. The van der Waals surface area contributed by atoms with E-state index < -0.39 is 0 Å². The number of piperazine rings is 1. The van der Waals surface area contributed by atoms with E-state index in [0.717, 1.165) is 34.1 Å². The Morgan fingerprint density at radius 2 is 1.90 bits per heavy atom. The molecule has 8 heteroatoms. The van der Waals surface area contributed by atoms with Crippen molar-refractivity contribution < 1.29 is 9.53 Å². The molecule has 1 aliphatic rings. The Morgan fingerprint density at radius 3 is 2.65 bits per heavy atom. The third-order valence-corrected chi connectivity index (χ3v) is 6.83. The number of H-pyrrole nitrogens is 1. The summed E-state index contributed by atoms with van der Waals surface area (Å²) in [7, 11) is 0. The number of nitrogens with one attached hydrogen (secondary N) is 1. The molecule has 1 aliphatic heterocycles. The standard InChI is InChI=1S/C23H28N4O3S/c1-16-17(2)31-23-21(16)22(29)24-19(25-23)15-26-10-12-27(13-11-26)20(28)9-6-14-30-18-7-4-3-5-8-18/h3-5,7-8H,6,9-15H2,1-2H3,(H,24,25,29). The molecule has 0 unspecified atom stereocenters. The maximum absolute atomic E-state index is 12.5. The lowest BCUT2D eigenvalue weighted by Gasteiger charge is -2.34. The Hall–Kier alpha value is -2.71. The highest BCUT2D eigenvalue weighted by atomic mass is 32.1. The summed E-state index contributed by atoms with van der Waals surface area (Å²) >= 11 is 1.57. The Labute approximate surface area is 185 Å². The largest absolute Gasteiger partial charge is 0.494 e. The monoisotopic (exact) mass is 440 g/mol. The topological polar surface area (TPSA) is 78.5 Å². The SMILES string of the molecule is Cc1sc2nc(CN3CCN(C(=O)CCCOc4ccccc4)CC3)[nH]c(=O)c2c1C. The van der Waals surface area contributed by atoms with Gasteiger partial charge in [-0.1, -0.05) is 18.2 Å². The minimum absolute atomic E-state index is 0.0617. The Kier molecular flexibility index (Phi) is 6.67. The summed E-state index contributed by atoms with van der Waals surface area (Å²) in [4.78, 5) is 38.7. The van der Waals surface area contributed by atoms with Crippen molar-refractivity contribution in [3.05, 3.63) is 57.0 Å². The second kappa shape index (κ2) is 9.62. The lowest BCUT2D eigenvalue weighted by Crippen LogP contribution is -2.48. The van der Waals surface area contributed by atoms with Crippen LogP contribution in [0.1, 0.15) is 29.1 Å². The minimum atomic E-state index is -0.0617. The number of carbonyl (C=O) groups is 1. The first-order valence-corrected chi connectivity index (χ1v) is 11.5. The van der Waals surface area contributed by atoms with Crippen LogP contribution >= 0.6 is 11.3 Å². The number of ether oxygens (including phenoxy) is 1. The highest BCUT2D eigenvalue weighted by molar-refractivity contribution is 7.18. The summed E-state index contributed by atoms with van der Waals surface area (Å²) in [5.41, 5.74) is 0.954. The molecular weight excluding hydrogens is 412 g/mol. The van der Waals surface area contributed by atoms with Crippen LogP contribution in [-0.2, 0) is 11.3 Å². The maximum atomic E-state index is 12.5. The van der Waals surface area contributed by atoms with Crippen LogP contribution in [0.15, 0.2) is 35.1 Å². The molecule has 1 fully saturated rings. The Balaban J connectivity index is 1.23. The van der Waals surface area contributed by atoms with Gasteiger partial charge in [0.25, 0.3) is 5.56 Å². The van der Waals surface area contributed by atoms with Crippen LogP contribution in [0.2, 0.25) is 0 Å². The zero-order valence-electron chi connectivity index (χ0n) is 18.0. The number of hydrogen-bond acceptors (Lipinski definition) is 6. The zero-order valence-corrected chi connectivity index (χ0v) is 18.8. The molecule has 3 heterocycles. The van der Waals surface area contributed by atoms with E-state index >= 15 is 0 Å². The van der Waals surface area contributed by atoms with Gasteiger partial charge in [-0.3, -0.25) is 14.5 Å². The number of carbonyl (C=O) groups excluding carboxylic acids is 1. The third kappa shape index (κ3) is 5.14. The van der Waals surface area contributed by atoms with Gasteiger partial charge < -0.3 is 14.6 Å². The van der Waals surface area contributed by atoms with Crippen molar-refractivity contribution in [2.45, 2.75) is 33.2 Å². The molecule has 1 saturated heterocycles. The normalized spacial score (nSPS) is 14.8. The quantitative estimate of drug-likeness (QED) is 0.571. The molecule has 31 heavy (non-hydrogen) atoms. The molecule has 0 saturated carbocycles. The van der Waals surface area contributed by atoms with Gasteiger partial charge in [0.15, 0.2) is 0 Å². The predicted molar refractivity (Wildman–Crippen MR) is 123 cm³/mol. The first-order valence-electron chi connectivity index (χ1n) is 10.7. The number of nitrogens with zero attached hydrogens (tertiary/aromatic N) is 3. The molecule has 0 bridgehead atoms. The minimum Gasteiger partial charge on any atom is -0.494 e. The van der Waals surface area contributed by atoms with Crippen molar-refractivity contribution in [2.75, 3.05) is 32.8 Å². The number of rotatable bonds is 7. The van der Waals surface area contributed by atoms with Gasteiger partial charge >= 0.3 is 0 Å². The van der Waals surface area contributed by atoms with Crippen LogP contribution in [-0.4, -0.2) is 58.5 Å². The Morgan fingerprint density at radius 1 is 1.16 bits per heavy atom. The highest BCUT2D eigenvalue weighted by Gasteiger charge is 2.22. The second-order valence-electron chi connectivity index (χ2n) is 7.90. The van der Waals surface area contributed by atoms with Gasteiger partial charge in [-0.2, -0.15) is 0 Å². The van der Waals surface area contributed by atoms with E-state index in [-0.39, 0.29) is 11.5 Å². The van der Waals surface area contributed by atoms with Gasteiger partial charge in [0.05, 0.1) is 18.5 Å². The number of aromatic nitrogens is 2. The molecule has 0 atom stereocenters. The summed E-state index contributed by atoms with van der Waals surface area (Å²) in [6, 6.07) is 9.66. The van der Waals surface area contributed by atoms with Gasteiger partial charge in [-0.15, -0.1) is 11.3 Å². The van der Waals surface area contributed by atoms with Crippen molar-refractivity contribution in [1.29, 1.82) is 0 Å². The number of aryl methyl sites for hydroxylation is 2. The van der Waals surface area contributed by atoms with E-state index in [0.29, 0.717) is 50.3 Å². The molecule has 0 radical (unpaired) electrons. The van der Waals surface area contributed by atoms with Crippen molar-refractivity contribution in [2.24, 2.45) is 0 Å². The molecule has 4 rings (SSSR count). The van der Waals surface area contributed by atoms with Crippen LogP contribution in [0, 0.1) is 13.8 Å². The first kappa shape index (κ1) is 21.5. The van der Waals surface area contributed by atoms with Crippen LogP contribution < -0.4 is 10.3 Å². The highest BCUT2D eigenvalue weighted by Crippen LogP contribution is 2.25. The van der Waals surface area contributed by atoms with Crippen molar-refractivity contribution >= 4 is 27.5 Å². The average Bonchev–Trinajstić information content (AvgIpc) is 3.06. The lowest BCUT2D eigenvalue weighted by molar-refractivity contribution is -0.133. The van der Waals surface area contributed by atoms with Crippen molar-refractivity contribution in [1.82, 2.24) is 19.8 Å². The van der Waals surface area contributed by atoms with Crippen molar-refractivity contribution in [3.8, 4) is 5.75 Å². The maximum Gasteiger partial charge on any atom is 0.259 e. The molecular formula is C23H28N4O3S. The van der Waals surface area contributed by atoms with Crippen LogP contribution in [0.5, 0.6) is 5.75 Å². The molecule has 1 amide bonds. The fraction of sp³-hybridized carbons (Fsp3) is 0.435. The molecule has 2 aromatic heterocycles. The average molecular weight is 441 g/mol. The number of aromatic amines is 1. The van der Waals surface area contributed by atoms with E-state index in [4.69, 9.17) is 4.74 Å². The van der Waals surface area contributed by atoms with E-state index in [1.165, 1.54) is 0 Å². The number of benzene rings is 1. The summed E-state index contributed by atoms with van der Waals surface area (Å²) < 4.78 is 5.66. The molecule has 1 N–H and O–H groups in total. The number of fused-ring (bicyclic) bond motifs is 1. The molecule has 0 aliphatic carbocycles. The summed E-state index contributed by atoms with van der Waals surface area (Å²) in [5, 5.41) is 0.706. The van der Waals surface area contributed by atoms with Crippen LogP contribution in [0.3, 0.4) is 0 Å². The van der Waals surface area contributed by atoms with E-state index in [1.54, 1.807) is 11.3 Å². The fourth-order valence-electron chi connectivity index (χ4n) is 3.83. The summed E-state index contributed by atoms with van der Waals surface area (Å²) in [5.74, 6) is 1.70. The van der Waals surface area contributed by atoms with Gasteiger partial charge in [0, 0.05) is 37.5 Å². The molecule has 3 aromatic rings. The van der Waals surface area contributed by atoms with E-state index in [1.807, 2.05) is 49.1 Å². The summed E-state index contributed by atoms with van der Waals surface area (Å²) in [6.07, 6.45) is 1.20. The third-order valence-electron chi connectivity index (χ3n) is 5.73. The molecule has 1 aromatic carbocycles. The van der Waals surface area contributed by atoms with Gasteiger partial charge in [-0.05, 0) is 38.0 Å². The second-order valence-corrected chi connectivity index (χ2v) is 9.10. The van der Waals surface area contributed by atoms with E-state index in [9.17, 15) is 9.59 Å². The van der Waals surface area contributed by atoms with Crippen molar-refractivity contribution in [3.63, 3.8) is 0 Å². The lowest BCUT2D eigenvalue weighted by atomic mass is 10.2.